The van der Waals surface area contributed by atoms with Gasteiger partial charge in [-0.25, -0.2) is 8.78 Å². The number of alkyl halides is 2. The smallest absolute Gasteiger partial charge is 0.256 e. The molecule has 1 heterocycles. The third-order valence-electron chi connectivity index (χ3n) is 1.97. The molecule has 3 N–H and O–H groups in total. The largest absolute Gasteiger partial charge is 0.320 e. The van der Waals surface area contributed by atoms with Crippen molar-refractivity contribution in [1.82, 2.24) is 5.32 Å². The van der Waals surface area contributed by atoms with E-state index in [0.29, 0.717) is 25.9 Å². The molecule has 60 valence electrons. The van der Waals surface area contributed by atoms with Gasteiger partial charge in [0.25, 0.3) is 6.43 Å². The maximum Gasteiger partial charge on any atom is 0.256 e. The van der Waals surface area contributed by atoms with Crippen molar-refractivity contribution in [2.24, 2.45) is 5.73 Å². The molecule has 0 aromatic rings. The van der Waals surface area contributed by atoms with Crippen molar-refractivity contribution < 1.29 is 8.78 Å². The molecule has 0 bridgehead atoms. The molecule has 0 radical (unpaired) electrons. The Kier molecular flexibility index (Phi) is 2.21. The highest BCUT2D eigenvalue weighted by atomic mass is 19.3. The third kappa shape index (κ3) is 1.44. The Balaban J connectivity index is 2.48. The molecular formula is C6H12F2N2. The van der Waals surface area contributed by atoms with E-state index in [-0.39, 0.29) is 0 Å². The van der Waals surface area contributed by atoms with E-state index < -0.39 is 12.0 Å². The number of hydrogen-bond donors (Lipinski definition) is 2. The molecule has 0 spiro atoms. The Morgan fingerprint density at radius 1 is 1.30 bits per heavy atom. The molecule has 1 aliphatic rings. The summed E-state index contributed by atoms with van der Waals surface area (Å²) in [5.41, 5.74) is 4.19. The first kappa shape index (κ1) is 7.88. The fourth-order valence-corrected chi connectivity index (χ4v) is 1.11. The lowest BCUT2D eigenvalue weighted by molar-refractivity contribution is 0.0355. The lowest BCUT2D eigenvalue weighted by atomic mass is 9.90. The minimum Gasteiger partial charge on any atom is -0.320 e. The maximum absolute atomic E-state index is 12.2. The van der Waals surface area contributed by atoms with E-state index in [0.717, 1.165) is 0 Å². The van der Waals surface area contributed by atoms with Crippen molar-refractivity contribution in [2.45, 2.75) is 24.8 Å². The molecule has 1 saturated heterocycles. The summed E-state index contributed by atoms with van der Waals surface area (Å²) in [6, 6.07) is 0. The van der Waals surface area contributed by atoms with E-state index in [9.17, 15) is 8.78 Å². The average Bonchev–Trinajstić information content (AvgIpc) is 1.89. The van der Waals surface area contributed by atoms with E-state index in [1.54, 1.807) is 0 Å². The number of halogens is 2. The van der Waals surface area contributed by atoms with Crippen molar-refractivity contribution in [3.8, 4) is 0 Å². The van der Waals surface area contributed by atoms with E-state index >= 15 is 0 Å². The molecule has 2 nitrogen and oxygen atoms in total. The Labute approximate surface area is 58.8 Å². The lowest BCUT2D eigenvalue weighted by Gasteiger charge is -2.32. The quantitative estimate of drug-likeness (QED) is 0.565. The summed E-state index contributed by atoms with van der Waals surface area (Å²) in [5.74, 6) is 0. The van der Waals surface area contributed by atoms with Crippen LogP contribution in [0.25, 0.3) is 0 Å². The molecule has 0 saturated carbocycles. The summed E-state index contributed by atoms with van der Waals surface area (Å²) in [7, 11) is 0. The number of nitrogens with one attached hydrogen (secondary N) is 1. The summed E-state index contributed by atoms with van der Waals surface area (Å²) in [4.78, 5) is 0. The van der Waals surface area contributed by atoms with Crippen LogP contribution in [0.3, 0.4) is 0 Å². The predicted octanol–water partition coefficient (Wildman–Crippen LogP) is 0.332. The Hall–Kier alpha value is -0.220. The van der Waals surface area contributed by atoms with Crippen LogP contribution in [0, 0.1) is 0 Å². The van der Waals surface area contributed by atoms with Gasteiger partial charge in [0, 0.05) is 0 Å². The first-order valence-electron chi connectivity index (χ1n) is 3.43. The topological polar surface area (TPSA) is 38.0 Å². The SMILES string of the molecule is NC1(C(F)F)CCNCC1. The van der Waals surface area contributed by atoms with Gasteiger partial charge < -0.3 is 11.1 Å². The zero-order chi connectivity index (χ0) is 7.61. The zero-order valence-corrected chi connectivity index (χ0v) is 5.74. The molecular weight excluding hydrogens is 138 g/mol. The zero-order valence-electron chi connectivity index (χ0n) is 5.74. The van der Waals surface area contributed by atoms with Gasteiger partial charge in [-0.2, -0.15) is 0 Å². The van der Waals surface area contributed by atoms with Crippen LogP contribution in [0.1, 0.15) is 12.8 Å². The summed E-state index contributed by atoms with van der Waals surface area (Å²) >= 11 is 0. The number of nitrogens with two attached hydrogens (primary N) is 1. The summed E-state index contributed by atoms with van der Waals surface area (Å²) in [6.07, 6.45) is -1.62. The van der Waals surface area contributed by atoms with Gasteiger partial charge in [0.15, 0.2) is 0 Å². The second kappa shape index (κ2) is 2.80. The van der Waals surface area contributed by atoms with Gasteiger partial charge in [-0.1, -0.05) is 0 Å². The van der Waals surface area contributed by atoms with Gasteiger partial charge >= 0.3 is 0 Å². The van der Waals surface area contributed by atoms with E-state index in [1.165, 1.54) is 0 Å². The Bertz CT molecular complexity index is 110. The Morgan fingerprint density at radius 3 is 2.10 bits per heavy atom. The molecule has 0 unspecified atom stereocenters. The predicted molar refractivity (Wildman–Crippen MR) is 35.0 cm³/mol. The number of rotatable bonds is 1. The molecule has 1 fully saturated rings. The first-order valence-corrected chi connectivity index (χ1v) is 3.43. The molecule has 4 heteroatoms. The monoisotopic (exact) mass is 150 g/mol. The van der Waals surface area contributed by atoms with Gasteiger partial charge in [0.05, 0.1) is 5.54 Å². The fourth-order valence-electron chi connectivity index (χ4n) is 1.11. The van der Waals surface area contributed by atoms with Crippen LogP contribution in [0.15, 0.2) is 0 Å². The molecule has 0 aliphatic carbocycles. The van der Waals surface area contributed by atoms with E-state index in [2.05, 4.69) is 5.32 Å². The van der Waals surface area contributed by atoms with E-state index in [1.807, 2.05) is 0 Å². The minimum atomic E-state index is -2.38. The fraction of sp³-hybridized carbons (Fsp3) is 1.00. The molecule has 0 aromatic carbocycles. The maximum atomic E-state index is 12.2. The molecule has 10 heavy (non-hydrogen) atoms. The molecule has 0 aromatic heterocycles. The van der Waals surface area contributed by atoms with Crippen LogP contribution in [0.2, 0.25) is 0 Å². The van der Waals surface area contributed by atoms with Gasteiger partial charge in [-0.15, -0.1) is 0 Å². The van der Waals surface area contributed by atoms with Crippen LogP contribution < -0.4 is 11.1 Å². The second-order valence-corrected chi connectivity index (χ2v) is 2.78. The summed E-state index contributed by atoms with van der Waals surface area (Å²) in [5, 5.41) is 2.98. The van der Waals surface area contributed by atoms with Gasteiger partial charge in [-0.05, 0) is 25.9 Å². The van der Waals surface area contributed by atoms with E-state index in [4.69, 9.17) is 5.73 Å². The first-order chi connectivity index (χ1) is 4.65. The highest BCUT2D eigenvalue weighted by Gasteiger charge is 2.36. The van der Waals surface area contributed by atoms with Crippen LogP contribution in [-0.4, -0.2) is 25.1 Å². The van der Waals surface area contributed by atoms with Crippen LogP contribution in [0.5, 0.6) is 0 Å². The second-order valence-electron chi connectivity index (χ2n) is 2.78. The number of hydrogen-bond acceptors (Lipinski definition) is 2. The highest BCUT2D eigenvalue weighted by molar-refractivity contribution is 4.91. The van der Waals surface area contributed by atoms with Crippen molar-refractivity contribution in [2.75, 3.05) is 13.1 Å². The standard InChI is InChI=1S/C6H12F2N2/c7-5(8)6(9)1-3-10-4-2-6/h5,10H,1-4,9H2. The summed E-state index contributed by atoms with van der Waals surface area (Å²) in [6.45, 7) is 1.22. The molecule has 0 amide bonds. The molecule has 0 atom stereocenters. The lowest BCUT2D eigenvalue weighted by Crippen LogP contribution is -2.54. The minimum absolute atomic E-state index is 0.380. The van der Waals surface area contributed by atoms with Crippen LogP contribution in [0.4, 0.5) is 8.78 Å². The van der Waals surface area contributed by atoms with Crippen LogP contribution >= 0.6 is 0 Å². The average molecular weight is 150 g/mol. The van der Waals surface area contributed by atoms with Crippen molar-refractivity contribution >= 4 is 0 Å². The van der Waals surface area contributed by atoms with Crippen molar-refractivity contribution in [3.63, 3.8) is 0 Å². The Morgan fingerprint density at radius 2 is 1.80 bits per heavy atom. The van der Waals surface area contributed by atoms with Gasteiger partial charge in [-0.3, -0.25) is 0 Å². The van der Waals surface area contributed by atoms with Gasteiger partial charge in [0.2, 0.25) is 0 Å². The molecule has 1 aliphatic heterocycles. The molecule has 1 rings (SSSR count). The van der Waals surface area contributed by atoms with Crippen molar-refractivity contribution in [1.29, 1.82) is 0 Å². The summed E-state index contributed by atoms with van der Waals surface area (Å²) < 4.78 is 24.3. The van der Waals surface area contributed by atoms with Crippen molar-refractivity contribution in [3.05, 3.63) is 0 Å². The van der Waals surface area contributed by atoms with Gasteiger partial charge in [0.1, 0.15) is 0 Å². The highest BCUT2D eigenvalue weighted by Crippen LogP contribution is 2.22. The van der Waals surface area contributed by atoms with Crippen LogP contribution in [-0.2, 0) is 0 Å². The normalized spacial score (nSPS) is 25.2. The third-order valence-corrected chi connectivity index (χ3v) is 1.97. The number of piperidine rings is 1.